The average Bonchev–Trinajstić information content (AvgIpc) is 3.01. The Morgan fingerprint density at radius 2 is 1.60 bits per heavy atom. The van der Waals surface area contributed by atoms with E-state index in [1.165, 1.54) is 0 Å². The molecule has 120 valence electrons. The smallest absolute Gasteiger partial charge is 0.186 e. The number of hydrogen-bond donors (Lipinski definition) is 0. The van der Waals surface area contributed by atoms with Gasteiger partial charge >= 0.3 is 0 Å². The zero-order valence-electron chi connectivity index (χ0n) is 13.4. The number of nitriles is 2. The van der Waals surface area contributed by atoms with Crippen LogP contribution in [0.25, 0.3) is 6.08 Å². The third kappa shape index (κ3) is 2.23. The highest BCUT2D eigenvalue weighted by Crippen LogP contribution is 2.48. The second-order valence-electron chi connectivity index (χ2n) is 6.32. The van der Waals surface area contributed by atoms with E-state index in [4.69, 9.17) is 0 Å². The van der Waals surface area contributed by atoms with E-state index in [-0.39, 0.29) is 11.8 Å². The van der Waals surface area contributed by atoms with Gasteiger partial charge in [-0.15, -0.1) is 0 Å². The minimum Gasteiger partial charge on any atom is -0.357 e. The van der Waals surface area contributed by atoms with E-state index < -0.39 is 17.9 Å². The number of carbonyl (C=O) groups is 1. The highest BCUT2D eigenvalue weighted by Gasteiger charge is 2.53. The fourth-order valence-corrected chi connectivity index (χ4v) is 3.95. The summed E-state index contributed by atoms with van der Waals surface area (Å²) >= 11 is 0. The Balaban J connectivity index is 1.83. The third-order valence-electron chi connectivity index (χ3n) is 5.08. The standard InChI is InChI=1S/C21H15N3O/c22-12-17-18(13-23)20(21(25)15-7-2-1-3-8-15)24-11-10-14-6-4-5-9-16(14)19(17)24/h1-11,17-20H/t17-,18+,19+,20-/m0/s1. The molecule has 2 aliphatic heterocycles. The van der Waals surface area contributed by atoms with Crippen LogP contribution in [0, 0.1) is 34.5 Å². The van der Waals surface area contributed by atoms with Gasteiger partial charge in [0.05, 0.1) is 30.0 Å². The molecule has 4 heteroatoms. The maximum atomic E-state index is 13.1. The van der Waals surface area contributed by atoms with Crippen molar-refractivity contribution in [3.05, 3.63) is 77.5 Å². The molecule has 0 aliphatic carbocycles. The van der Waals surface area contributed by atoms with Crippen molar-refractivity contribution in [1.82, 2.24) is 4.90 Å². The fourth-order valence-electron chi connectivity index (χ4n) is 3.95. The molecule has 0 saturated carbocycles. The summed E-state index contributed by atoms with van der Waals surface area (Å²) in [5.74, 6) is -1.33. The van der Waals surface area contributed by atoms with Gasteiger partial charge in [0, 0.05) is 11.8 Å². The van der Waals surface area contributed by atoms with Gasteiger partial charge in [-0.05, 0) is 17.2 Å². The van der Waals surface area contributed by atoms with E-state index in [1.807, 2.05) is 59.6 Å². The first-order valence-corrected chi connectivity index (χ1v) is 8.19. The van der Waals surface area contributed by atoms with Crippen molar-refractivity contribution in [2.75, 3.05) is 0 Å². The van der Waals surface area contributed by atoms with E-state index in [1.54, 1.807) is 12.1 Å². The van der Waals surface area contributed by atoms with Gasteiger partial charge in [-0.25, -0.2) is 0 Å². The summed E-state index contributed by atoms with van der Waals surface area (Å²) in [6, 6.07) is 20.4. The molecule has 2 aliphatic rings. The first-order valence-electron chi connectivity index (χ1n) is 8.19. The third-order valence-corrected chi connectivity index (χ3v) is 5.08. The number of nitrogens with zero attached hydrogens (tertiary/aromatic N) is 3. The van der Waals surface area contributed by atoms with Gasteiger partial charge < -0.3 is 4.90 Å². The Morgan fingerprint density at radius 3 is 2.32 bits per heavy atom. The predicted molar refractivity (Wildman–Crippen MR) is 92.8 cm³/mol. The first-order chi connectivity index (χ1) is 12.3. The van der Waals surface area contributed by atoms with Crippen LogP contribution in [0.2, 0.25) is 0 Å². The van der Waals surface area contributed by atoms with Crippen LogP contribution in [0.1, 0.15) is 27.5 Å². The Morgan fingerprint density at radius 1 is 0.920 bits per heavy atom. The lowest BCUT2D eigenvalue weighted by Crippen LogP contribution is -2.38. The van der Waals surface area contributed by atoms with Crippen LogP contribution in [-0.4, -0.2) is 16.7 Å². The summed E-state index contributed by atoms with van der Waals surface area (Å²) in [7, 11) is 0. The van der Waals surface area contributed by atoms with Crippen LogP contribution < -0.4 is 0 Å². The molecule has 1 fully saturated rings. The molecule has 1 saturated heterocycles. The van der Waals surface area contributed by atoms with E-state index in [0.717, 1.165) is 11.1 Å². The summed E-state index contributed by atoms with van der Waals surface area (Å²) in [6.45, 7) is 0. The highest BCUT2D eigenvalue weighted by atomic mass is 16.1. The van der Waals surface area contributed by atoms with Gasteiger partial charge in [0.25, 0.3) is 0 Å². The predicted octanol–water partition coefficient (Wildman–Crippen LogP) is 3.56. The van der Waals surface area contributed by atoms with Crippen molar-refractivity contribution < 1.29 is 4.79 Å². The molecule has 0 unspecified atom stereocenters. The average molecular weight is 325 g/mol. The maximum absolute atomic E-state index is 13.1. The first kappa shape index (κ1) is 15.2. The molecule has 25 heavy (non-hydrogen) atoms. The lowest BCUT2D eigenvalue weighted by molar-refractivity contribution is 0.0869. The summed E-state index contributed by atoms with van der Waals surface area (Å²) in [5, 5.41) is 19.5. The SMILES string of the molecule is N#C[C@@H]1[C@H](C#N)[C@H]2c3ccccc3C=CN2[C@@H]1C(=O)c1ccccc1. The summed E-state index contributed by atoms with van der Waals surface area (Å²) in [5.41, 5.74) is 2.60. The Hall–Kier alpha value is -3.37. The van der Waals surface area contributed by atoms with Crippen LogP contribution in [0.4, 0.5) is 0 Å². The van der Waals surface area contributed by atoms with E-state index >= 15 is 0 Å². The van der Waals surface area contributed by atoms with Gasteiger partial charge in [-0.1, -0.05) is 54.6 Å². The molecule has 0 bridgehead atoms. The minimum atomic E-state index is -0.668. The molecule has 0 spiro atoms. The van der Waals surface area contributed by atoms with E-state index in [0.29, 0.717) is 5.56 Å². The number of fused-ring (bicyclic) bond motifs is 3. The number of Topliss-reactive ketones (excluding diaryl/α,β-unsaturated/α-hetero) is 1. The molecule has 0 N–H and O–H groups in total. The second kappa shape index (κ2) is 5.92. The van der Waals surface area contributed by atoms with E-state index in [9.17, 15) is 15.3 Å². The molecule has 2 aromatic carbocycles. The van der Waals surface area contributed by atoms with Crippen molar-refractivity contribution in [2.24, 2.45) is 11.8 Å². The zero-order valence-corrected chi connectivity index (χ0v) is 13.4. The minimum absolute atomic E-state index is 0.112. The second-order valence-corrected chi connectivity index (χ2v) is 6.32. The van der Waals surface area contributed by atoms with Crippen LogP contribution in [0.5, 0.6) is 0 Å². The number of carbonyl (C=O) groups excluding carboxylic acids is 1. The highest BCUT2D eigenvalue weighted by molar-refractivity contribution is 6.01. The van der Waals surface area contributed by atoms with Gasteiger partial charge in [0.1, 0.15) is 6.04 Å². The molecule has 0 radical (unpaired) electrons. The number of benzene rings is 2. The van der Waals surface area contributed by atoms with Crippen LogP contribution in [-0.2, 0) is 0 Å². The molecule has 4 rings (SSSR count). The normalized spacial score (nSPS) is 26.2. The van der Waals surface area contributed by atoms with Gasteiger partial charge in [0.15, 0.2) is 5.78 Å². The van der Waals surface area contributed by atoms with Crippen molar-refractivity contribution in [3.63, 3.8) is 0 Å². The van der Waals surface area contributed by atoms with Crippen LogP contribution in [0.15, 0.2) is 60.8 Å². The number of ketones is 1. The Kier molecular flexibility index (Phi) is 3.60. The van der Waals surface area contributed by atoms with Gasteiger partial charge in [-0.2, -0.15) is 10.5 Å². The topological polar surface area (TPSA) is 67.9 Å². The van der Waals surface area contributed by atoms with Crippen molar-refractivity contribution >= 4 is 11.9 Å². The molecular weight excluding hydrogens is 310 g/mol. The molecule has 4 nitrogen and oxygen atoms in total. The molecule has 2 aromatic rings. The Bertz CT molecular complexity index is 936. The van der Waals surface area contributed by atoms with Gasteiger partial charge in [-0.3, -0.25) is 4.79 Å². The van der Waals surface area contributed by atoms with Crippen molar-refractivity contribution in [2.45, 2.75) is 12.1 Å². The summed E-state index contributed by atoms with van der Waals surface area (Å²) in [4.78, 5) is 15.0. The molecular formula is C21H15N3O. The maximum Gasteiger partial charge on any atom is 0.186 e. The molecule has 0 amide bonds. The lowest BCUT2D eigenvalue weighted by Gasteiger charge is -2.33. The van der Waals surface area contributed by atoms with Crippen molar-refractivity contribution in [3.8, 4) is 12.1 Å². The Labute approximate surface area is 146 Å². The largest absolute Gasteiger partial charge is 0.357 e. The van der Waals surface area contributed by atoms with E-state index in [2.05, 4.69) is 12.1 Å². The van der Waals surface area contributed by atoms with Crippen LogP contribution in [0.3, 0.4) is 0 Å². The number of rotatable bonds is 2. The fraction of sp³-hybridized carbons (Fsp3) is 0.190. The quantitative estimate of drug-likeness (QED) is 0.792. The number of hydrogen-bond acceptors (Lipinski definition) is 4. The van der Waals surface area contributed by atoms with Crippen molar-refractivity contribution in [1.29, 1.82) is 10.5 Å². The molecule has 0 aromatic heterocycles. The molecule has 4 atom stereocenters. The lowest BCUT2D eigenvalue weighted by atomic mass is 9.83. The van der Waals surface area contributed by atoms with Crippen LogP contribution >= 0.6 is 0 Å². The summed E-state index contributed by atoms with van der Waals surface area (Å²) < 4.78 is 0. The van der Waals surface area contributed by atoms with Gasteiger partial charge in [0.2, 0.25) is 0 Å². The monoisotopic (exact) mass is 325 g/mol. The molecule has 2 heterocycles. The zero-order chi connectivity index (χ0) is 17.4. The summed E-state index contributed by atoms with van der Waals surface area (Å²) in [6.07, 6.45) is 3.81.